The monoisotopic (exact) mass is 148 g/mol. The van der Waals surface area contributed by atoms with Gasteiger partial charge in [-0.05, 0) is 18.2 Å². The Balaban J connectivity index is 2.87. The number of aldehydes is 1. The zero-order valence-corrected chi connectivity index (χ0v) is 5.90. The zero-order chi connectivity index (χ0) is 8.10. The van der Waals surface area contributed by atoms with Gasteiger partial charge < -0.3 is 5.73 Å². The van der Waals surface area contributed by atoms with Crippen LogP contribution < -0.4 is 5.73 Å². The molecule has 0 saturated carbocycles. The molecule has 0 saturated heterocycles. The number of allylic oxidation sites excluding steroid dienone is 1. The molecule has 3 heteroatoms. The van der Waals surface area contributed by atoms with Crippen molar-refractivity contribution in [2.75, 3.05) is 0 Å². The number of carbonyl (C=O) groups excluding carboxylic acids is 1. The van der Waals surface area contributed by atoms with Gasteiger partial charge in [0.25, 0.3) is 0 Å². The summed E-state index contributed by atoms with van der Waals surface area (Å²) in [6.45, 7) is 0. The number of hydrogen-bond donors (Lipinski definition) is 1. The van der Waals surface area contributed by atoms with Crippen molar-refractivity contribution in [1.82, 2.24) is 4.98 Å². The summed E-state index contributed by atoms with van der Waals surface area (Å²) in [4.78, 5) is 14.0. The van der Waals surface area contributed by atoms with Crippen LogP contribution in [-0.4, -0.2) is 11.3 Å². The minimum Gasteiger partial charge on any atom is -0.396 e. The van der Waals surface area contributed by atoms with Gasteiger partial charge >= 0.3 is 0 Å². The molecule has 56 valence electrons. The van der Waals surface area contributed by atoms with Gasteiger partial charge in [-0.2, -0.15) is 0 Å². The van der Waals surface area contributed by atoms with Crippen LogP contribution in [-0.2, 0) is 4.79 Å². The molecule has 0 atom stereocenters. The van der Waals surface area contributed by atoms with Gasteiger partial charge in [-0.3, -0.25) is 9.78 Å². The Hall–Kier alpha value is -1.64. The molecule has 2 N–H and O–H groups in total. The fourth-order valence-corrected chi connectivity index (χ4v) is 0.666. The number of nitrogens with two attached hydrogens (primary N) is 1. The molecule has 0 bridgehead atoms. The van der Waals surface area contributed by atoms with Crippen molar-refractivity contribution in [2.45, 2.75) is 0 Å². The van der Waals surface area contributed by atoms with E-state index >= 15 is 0 Å². The third-order valence-corrected chi connectivity index (χ3v) is 1.14. The van der Waals surface area contributed by atoms with Gasteiger partial charge in [-0.1, -0.05) is 6.07 Å². The summed E-state index contributed by atoms with van der Waals surface area (Å²) in [5, 5.41) is 0. The molecule has 1 rings (SSSR count). The summed E-state index contributed by atoms with van der Waals surface area (Å²) >= 11 is 0. The van der Waals surface area contributed by atoms with Crippen LogP contribution in [0.4, 0.5) is 0 Å². The average Bonchev–Trinajstić information content (AvgIpc) is 2.06. The highest BCUT2D eigenvalue weighted by Crippen LogP contribution is 1.96. The molecule has 3 nitrogen and oxygen atoms in total. The number of pyridine rings is 1. The van der Waals surface area contributed by atoms with Gasteiger partial charge in [0.15, 0.2) is 6.29 Å². The van der Waals surface area contributed by atoms with Gasteiger partial charge in [0.2, 0.25) is 0 Å². The molecule has 0 amide bonds. The standard InChI is InChI=1S/C8H8N2O/c9-7(6-11)5-8-3-1-2-4-10-8/h1-6H,9H2. The molecule has 0 aliphatic rings. The molecule has 1 heterocycles. The van der Waals surface area contributed by atoms with E-state index in [2.05, 4.69) is 4.98 Å². The van der Waals surface area contributed by atoms with Crippen molar-refractivity contribution in [3.8, 4) is 0 Å². The van der Waals surface area contributed by atoms with Gasteiger partial charge in [-0.15, -0.1) is 0 Å². The van der Waals surface area contributed by atoms with Crippen molar-refractivity contribution in [1.29, 1.82) is 0 Å². The van der Waals surface area contributed by atoms with Crippen molar-refractivity contribution in [3.63, 3.8) is 0 Å². The van der Waals surface area contributed by atoms with Crippen molar-refractivity contribution < 1.29 is 4.79 Å². The smallest absolute Gasteiger partial charge is 0.165 e. The van der Waals surface area contributed by atoms with E-state index in [9.17, 15) is 4.79 Å². The average molecular weight is 148 g/mol. The van der Waals surface area contributed by atoms with E-state index in [4.69, 9.17) is 5.73 Å². The van der Waals surface area contributed by atoms with Gasteiger partial charge in [0, 0.05) is 6.20 Å². The number of hydrogen-bond acceptors (Lipinski definition) is 3. The molecule has 0 spiro atoms. The highest BCUT2D eigenvalue weighted by atomic mass is 16.1. The van der Waals surface area contributed by atoms with E-state index < -0.39 is 0 Å². The molecular formula is C8H8N2O. The number of rotatable bonds is 2. The summed E-state index contributed by atoms with van der Waals surface area (Å²) in [6, 6.07) is 5.40. The van der Waals surface area contributed by atoms with Crippen LogP contribution in [0, 0.1) is 0 Å². The molecule has 1 aromatic rings. The van der Waals surface area contributed by atoms with Crippen molar-refractivity contribution in [3.05, 3.63) is 35.8 Å². The highest BCUT2D eigenvalue weighted by molar-refractivity contribution is 5.79. The maximum absolute atomic E-state index is 10.1. The Morgan fingerprint density at radius 2 is 2.36 bits per heavy atom. The second kappa shape index (κ2) is 3.51. The molecule has 0 aromatic carbocycles. The first-order valence-electron chi connectivity index (χ1n) is 3.16. The first-order valence-corrected chi connectivity index (χ1v) is 3.16. The first-order chi connectivity index (χ1) is 5.33. The third-order valence-electron chi connectivity index (χ3n) is 1.14. The van der Waals surface area contributed by atoms with Gasteiger partial charge in [0.1, 0.15) is 0 Å². The predicted octanol–water partition coefficient (Wildman–Crippen LogP) is 0.580. The molecule has 11 heavy (non-hydrogen) atoms. The second-order valence-corrected chi connectivity index (χ2v) is 2.02. The molecule has 0 aliphatic heterocycles. The SMILES string of the molecule is NC(C=O)=Cc1ccccn1. The lowest BCUT2D eigenvalue weighted by Gasteiger charge is -1.90. The molecule has 0 fully saturated rings. The minimum absolute atomic E-state index is 0.184. The van der Waals surface area contributed by atoms with Crippen LogP contribution in [0.3, 0.4) is 0 Å². The third kappa shape index (κ3) is 2.21. The molecule has 1 aromatic heterocycles. The molecule has 0 unspecified atom stereocenters. The Labute approximate surface area is 64.6 Å². The molecule has 0 radical (unpaired) electrons. The van der Waals surface area contributed by atoms with Crippen LogP contribution in [0.1, 0.15) is 5.69 Å². The predicted molar refractivity (Wildman–Crippen MR) is 42.5 cm³/mol. The Bertz CT molecular complexity index is 267. The number of nitrogens with zero attached hydrogens (tertiary/aromatic N) is 1. The summed E-state index contributed by atoms with van der Waals surface area (Å²) in [5.41, 5.74) is 6.13. The van der Waals surface area contributed by atoms with Crippen molar-refractivity contribution >= 4 is 12.4 Å². The van der Waals surface area contributed by atoms with Gasteiger partial charge in [0.05, 0.1) is 11.4 Å². The van der Waals surface area contributed by atoms with Crippen LogP contribution in [0.2, 0.25) is 0 Å². The highest BCUT2D eigenvalue weighted by Gasteiger charge is 1.87. The van der Waals surface area contributed by atoms with Crippen LogP contribution in [0.25, 0.3) is 6.08 Å². The summed E-state index contributed by atoms with van der Waals surface area (Å²) in [7, 11) is 0. The topological polar surface area (TPSA) is 56.0 Å². The van der Waals surface area contributed by atoms with E-state index in [0.717, 1.165) is 0 Å². The molecular weight excluding hydrogens is 140 g/mol. The van der Waals surface area contributed by atoms with Gasteiger partial charge in [-0.25, -0.2) is 0 Å². The van der Waals surface area contributed by atoms with E-state index in [1.54, 1.807) is 18.3 Å². The fourth-order valence-electron chi connectivity index (χ4n) is 0.666. The number of carbonyl (C=O) groups is 1. The summed E-state index contributed by atoms with van der Waals surface area (Å²) in [5.74, 6) is 0. The van der Waals surface area contributed by atoms with Crippen LogP contribution in [0.15, 0.2) is 30.1 Å². The first kappa shape index (κ1) is 7.47. The van der Waals surface area contributed by atoms with E-state index in [0.29, 0.717) is 12.0 Å². The van der Waals surface area contributed by atoms with E-state index in [-0.39, 0.29) is 5.70 Å². The lowest BCUT2D eigenvalue weighted by molar-refractivity contribution is -0.104. The van der Waals surface area contributed by atoms with Crippen molar-refractivity contribution in [2.24, 2.45) is 5.73 Å². The normalized spacial score (nSPS) is 11.1. The maximum atomic E-state index is 10.1. The summed E-state index contributed by atoms with van der Waals surface area (Å²) < 4.78 is 0. The fraction of sp³-hybridized carbons (Fsp3) is 0. The van der Waals surface area contributed by atoms with E-state index in [1.807, 2.05) is 6.07 Å². The lowest BCUT2D eigenvalue weighted by Crippen LogP contribution is -1.97. The zero-order valence-electron chi connectivity index (χ0n) is 5.90. The Kier molecular flexibility index (Phi) is 2.38. The number of aromatic nitrogens is 1. The molecule has 0 aliphatic carbocycles. The van der Waals surface area contributed by atoms with E-state index in [1.165, 1.54) is 6.08 Å². The Morgan fingerprint density at radius 3 is 2.91 bits per heavy atom. The largest absolute Gasteiger partial charge is 0.396 e. The van der Waals surface area contributed by atoms with Crippen LogP contribution >= 0.6 is 0 Å². The van der Waals surface area contributed by atoms with Crippen LogP contribution in [0.5, 0.6) is 0 Å². The quantitative estimate of drug-likeness (QED) is 0.493. The lowest BCUT2D eigenvalue weighted by atomic mass is 10.3. The second-order valence-electron chi connectivity index (χ2n) is 2.02. The maximum Gasteiger partial charge on any atom is 0.165 e. The minimum atomic E-state index is 0.184. The Morgan fingerprint density at radius 1 is 1.55 bits per heavy atom. The summed E-state index contributed by atoms with van der Waals surface area (Å²) in [6.07, 6.45) is 3.76.